The summed E-state index contributed by atoms with van der Waals surface area (Å²) in [6, 6.07) is 0. The van der Waals surface area contributed by atoms with Gasteiger partial charge in [0, 0.05) is 0 Å². The number of hydrogen-bond donors (Lipinski definition) is 2. The lowest BCUT2D eigenvalue weighted by atomic mass is 10.0. The fraction of sp³-hybridized carbons (Fsp3) is 0.875. The molecule has 1 aliphatic heterocycles. The molecule has 62 valence electrons. The summed E-state index contributed by atoms with van der Waals surface area (Å²) >= 11 is 0. The van der Waals surface area contributed by atoms with Crippen molar-refractivity contribution in [1.82, 2.24) is 5.32 Å². The highest BCUT2D eigenvalue weighted by atomic mass is 16.4. The lowest BCUT2D eigenvalue weighted by molar-refractivity contribution is -0.139. The maximum atomic E-state index is 10.5. The molecule has 3 unspecified atom stereocenters. The molecule has 1 aliphatic carbocycles. The number of rotatable bonds is 2. The average molecular weight is 155 g/mol. The van der Waals surface area contributed by atoms with Gasteiger partial charge in [-0.2, -0.15) is 0 Å². The van der Waals surface area contributed by atoms with Crippen LogP contribution in [0, 0.1) is 17.8 Å². The number of carboxylic acids is 1. The summed E-state index contributed by atoms with van der Waals surface area (Å²) in [6.07, 6.45) is 2.09. The van der Waals surface area contributed by atoms with Gasteiger partial charge in [0.25, 0.3) is 0 Å². The topological polar surface area (TPSA) is 49.3 Å². The fourth-order valence-electron chi connectivity index (χ4n) is 2.06. The summed E-state index contributed by atoms with van der Waals surface area (Å²) in [5.41, 5.74) is 0. The van der Waals surface area contributed by atoms with E-state index < -0.39 is 5.97 Å². The van der Waals surface area contributed by atoms with E-state index in [0.717, 1.165) is 19.5 Å². The third-order valence-electron chi connectivity index (χ3n) is 2.86. The van der Waals surface area contributed by atoms with Gasteiger partial charge < -0.3 is 10.4 Å². The minimum absolute atomic E-state index is 0.0140. The van der Waals surface area contributed by atoms with Crippen LogP contribution in [0.2, 0.25) is 0 Å². The van der Waals surface area contributed by atoms with Gasteiger partial charge in [-0.25, -0.2) is 0 Å². The summed E-state index contributed by atoms with van der Waals surface area (Å²) in [5, 5.41) is 11.9. The molecule has 0 amide bonds. The normalized spacial score (nSPS) is 42.4. The van der Waals surface area contributed by atoms with Gasteiger partial charge in [0.2, 0.25) is 0 Å². The largest absolute Gasteiger partial charge is 0.481 e. The first-order chi connectivity index (χ1) is 5.29. The van der Waals surface area contributed by atoms with Crippen LogP contribution >= 0.6 is 0 Å². The molecule has 11 heavy (non-hydrogen) atoms. The Labute approximate surface area is 65.8 Å². The van der Waals surface area contributed by atoms with E-state index in [1.54, 1.807) is 0 Å². The smallest absolute Gasteiger partial charge is 0.306 e. The van der Waals surface area contributed by atoms with Crippen molar-refractivity contribution >= 4 is 5.97 Å². The average Bonchev–Trinajstić information content (AvgIpc) is 2.60. The van der Waals surface area contributed by atoms with E-state index in [9.17, 15) is 4.79 Å². The minimum atomic E-state index is -0.595. The quantitative estimate of drug-likeness (QED) is 0.603. The first kappa shape index (κ1) is 7.10. The van der Waals surface area contributed by atoms with Crippen LogP contribution in [-0.4, -0.2) is 24.2 Å². The predicted octanol–water partition coefficient (Wildman–Crippen LogP) is 0.317. The van der Waals surface area contributed by atoms with E-state index >= 15 is 0 Å². The van der Waals surface area contributed by atoms with Crippen molar-refractivity contribution < 1.29 is 9.90 Å². The van der Waals surface area contributed by atoms with Crippen molar-refractivity contribution in [2.24, 2.45) is 17.8 Å². The SMILES string of the molecule is O=C(O)C1CC1C1CCNC1. The summed E-state index contributed by atoms with van der Waals surface area (Å²) in [4.78, 5) is 10.5. The molecule has 1 heterocycles. The van der Waals surface area contributed by atoms with Crippen molar-refractivity contribution in [3.63, 3.8) is 0 Å². The van der Waals surface area contributed by atoms with E-state index in [1.165, 1.54) is 6.42 Å². The Morgan fingerprint density at radius 1 is 1.55 bits per heavy atom. The molecular weight excluding hydrogens is 142 g/mol. The van der Waals surface area contributed by atoms with E-state index in [4.69, 9.17) is 5.11 Å². The molecule has 1 saturated carbocycles. The molecule has 2 fully saturated rings. The second kappa shape index (κ2) is 2.48. The minimum Gasteiger partial charge on any atom is -0.481 e. The zero-order chi connectivity index (χ0) is 7.84. The van der Waals surface area contributed by atoms with Crippen LogP contribution < -0.4 is 5.32 Å². The Kier molecular flexibility index (Phi) is 1.60. The molecule has 3 nitrogen and oxygen atoms in total. The number of carboxylic acid groups (broad SMARTS) is 1. The molecule has 0 radical (unpaired) electrons. The zero-order valence-electron chi connectivity index (χ0n) is 6.42. The summed E-state index contributed by atoms with van der Waals surface area (Å²) in [7, 11) is 0. The molecule has 0 spiro atoms. The van der Waals surface area contributed by atoms with Crippen molar-refractivity contribution in [3.8, 4) is 0 Å². The van der Waals surface area contributed by atoms with Crippen LogP contribution in [0.3, 0.4) is 0 Å². The van der Waals surface area contributed by atoms with Gasteiger partial charge in [-0.15, -0.1) is 0 Å². The summed E-state index contributed by atoms with van der Waals surface area (Å²) in [6.45, 7) is 2.11. The predicted molar refractivity (Wildman–Crippen MR) is 40.2 cm³/mol. The Balaban J connectivity index is 1.85. The maximum Gasteiger partial charge on any atom is 0.306 e. The van der Waals surface area contributed by atoms with Crippen LogP contribution in [0.15, 0.2) is 0 Å². The zero-order valence-corrected chi connectivity index (χ0v) is 6.42. The van der Waals surface area contributed by atoms with Gasteiger partial charge >= 0.3 is 5.97 Å². The van der Waals surface area contributed by atoms with E-state index in [-0.39, 0.29) is 5.92 Å². The van der Waals surface area contributed by atoms with Crippen LogP contribution in [0.25, 0.3) is 0 Å². The van der Waals surface area contributed by atoms with Crippen LogP contribution in [0.5, 0.6) is 0 Å². The molecule has 0 aromatic rings. The van der Waals surface area contributed by atoms with Gasteiger partial charge in [0.1, 0.15) is 0 Å². The first-order valence-electron chi connectivity index (χ1n) is 4.22. The van der Waals surface area contributed by atoms with E-state index in [2.05, 4.69) is 5.32 Å². The molecule has 2 N–H and O–H groups in total. The fourth-order valence-corrected chi connectivity index (χ4v) is 2.06. The molecule has 0 aromatic heterocycles. The molecule has 3 atom stereocenters. The molecule has 2 aliphatic rings. The first-order valence-corrected chi connectivity index (χ1v) is 4.22. The van der Waals surface area contributed by atoms with Gasteiger partial charge in [-0.1, -0.05) is 0 Å². The van der Waals surface area contributed by atoms with E-state index in [0.29, 0.717) is 11.8 Å². The Morgan fingerprint density at radius 3 is 2.82 bits per heavy atom. The van der Waals surface area contributed by atoms with Crippen molar-refractivity contribution in [1.29, 1.82) is 0 Å². The Hall–Kier alpha value is -0.570. The maximum absolute atomic E-state index is 10.5. The van der Waals surface area contributed by atoms with Gasteiger partial charge in [0.15, 0.2) is 0 Å². The molecule has 3 heteroatoms. The summed E-state index contributed by atoms with van der Waals surface area (Å²) < 4.78 is 0. The van der Waals surface area contributed by atoms with Crippen molar-refractivity contribution in [2.45, 2.75) is 12.8 Å². The van der Waals surface area contributed by atoms with Gasteiger partial charge in [-0.3, -0.25) is 4.79 Å². The standard InChI is InChI=1S/C8H13NO2/c10-8(11)7-3-6(7)5-1-2-9-4-5/h5-7,9H,1-4H2,(H,10,11). The molecular formula is C8H13NO2. The summed E-state index contributed by atoms with van der Waals surface area (Å²) in [5.74, 6) is 0.528. The van der Waals surface area contributed by atoms with Gasteiger partial charge in [-0.05, 0) is 37.8 Å². The highest BCUT2D eigenvalue weighted by Gasteiger charge is 2.48. The third kappa shape index (κ3) is 1.25. The van der Waals surface area contributed by atoms with Crippen LogP contribution in [0.1, 0.15) is 12.8 Å². The van der Waals surface area contributed by atoms with Gasteiger partial charge in [0.05, 0.1) is 5.92 Å². The monoisotopic (exact) mass is 155 g/mol. The second-order valence-electron chi connectivity index (χ2n) is 3.60. The highest BCUT2D eigenvalue weighted by Crippen LogP contribution is 2.46. The van der Waals surface area contributed by atoms with E-state index in [1.807, 2.05) is 0 Å². The van der Waals surface area contributed by atoms with Crippen molar-refractivity contribution in [2.75, 3.05) is 13.1 Å². The Bertz CT molecular complexity index is 175. The second-order valence-corrected chi connectivity index (χ2v) is 3.60. The Morgan fingerprint density at radius 2 is 2.36 bits per heavy atom. The number of nitrogens with one attached hydrogen (secondary N) is 1. The molecule has 0 bridgehead atoms. The highest BCUT2D eigenvalue weighted by molar-refractivity contribution is 5.73. The number of aliphatic carboxylic acids is 1. The lowest BCUT2D eigenvalue weighted by Crippen LogP contribution is -2.12. The van der Waals surface area contributed by atoms with Crippen LogP contribution in [0.4, 0.5) is 0 Å². The third-order valence-corrected chi connectivity index (χ3v) is 2.86. The number of hydrogen-bond acceptors (Lipinski definition) is 2. The molecule has 1 saturated heterocycles. The number of carbonyl (C=O) groups is 1. The lowest BCUT2D eigenvalue weighted by Gasteiger charge is -2.04. The van der Waals surface area contributed by atoms with Crippen molar-refractivity contribution in [3.05, 3.63) is 0 Å². The molecule has 2 rings (SSSR count). The van der Waals surface area contributed by atoms with Crippen LogP contribution in [-0.2, 0) is 4.79 Å². The molecule has 0 aromatic carbocycles.